The van der Waals surface area contributed by atoms with Gasteiger partial charge < -0.3 is 10.6 Å². The van der Waals surface area contributed by atoms with E-state index in [1.165, 1.54) is 37.4 Å². The Kier molecular flexibility index (Phi) is 4.85. The van der Waals surface area contributed by atoms with Crippen LogP contribution in [0.4, 0.5) is 5.69 Å². The van der Waals surface area contributed by atoms with Crippen LogP contribution in [0.5, 0.6) is 0 Å². The zero-order valence-electron chi connectivity index (χ0n) is 14.2. The van der Waals surface area contributed by atoms with Crippen molar-refractivity contribution in [2.75, 3.05) is 12.4 Å². The number of nitrogens with zero attached hydrogens (tertiary/aromatic N) is 1. The number of rotatable bonds is 5. The first-order chi connectivity index (χ1) is 12.4. The summed E-state index contributed by atoms with van der Waals surface area (Å²) < 4.78 is 0. The van der Waals surface area contributed by atoms with E-state index in [1.54, 1.807) is 6.07 Å². The van der Waals surface area contributed by atoms with Gasteiger partial charge in [0.2, 0.25) is 11.8 Å². The summed E-state index contributed by atoms with van der Waals surface area (Å²) in [6.45, 7) is 1.40. The molecule has 0 spiro atoms. The van der Waals surface area contributed by atoms with E-state index in [0.29, 0.717) is 11.3 Å². The van der Waals surface area contributed by atoms with Gasteiger partial charge in [-0.1, -0.05) is 6.07 Å². The van der Waals surface area contributed by atoms with Crippen LogP contribution in [0, 0.1) is 0 Å². The Morgan fingerprint density at radius 3 is 2.54 bits per heavy atom. The minimum absolute atomic E-state index is 0.0595. The van der Waals surface area contributed by atoms with Crippen LogP contribution in [0.25, 0.3) is 0 Å². The van der Waals surface area contributed by atoms with Crippen molar-refractivity contribution in [3.63, 3.8) is 0 Å². The fourth-order valence-corrected chi connectivity index (χ4v) is 3.57. The number of nitrogens with one attached hydrogen (secondary N) is 2. The highest BCUT2D eigenvalue weighted by Crippen LogP contribution is 2.26. The number of benzene rings is 1. The zero-order valence-corrected chi connectivity index (χ0v) is 15.1. The molecule has 0 radical (unpaired) electrons. The van der Waals surface area contributed by atoms with E-state index >= 15 is 0 Å². The Bertz CT molecular complexity index is 892. The topological polar surface area (TPSA) is 95.6 Å². The van der Waals surface area contributed by atoms with Crippen molar-refractivity contribution in [1.29, 1.82) is 0 Å². The molecule has 4 amide bonds. The van der Waals surface area contributed by atoms with Gasteiger partial charge in [0.25, 0.3) is 11.8 Å². The quantitative estimate of drug-likeness (QED) is 0.788. The molecule has 1 unspecified atom stereocenters. The van der Waals surface area contributed by atoms with E-state index in [9.17, 15) is 19.2 Å². The molecule has 3 rings (SSSR count). The number of thiophene rings is 1. The lowest BCUT2D eigenvalue weighted by atomic mass is 10.1. The van der Waals surface area contributed by atoms with Crippen molar-refractivity contribution < 1.29 is 19.2 Å². The Labute approximate surface area is 154 Å². The summed E-state index contributed by atoms with van der Waals surface area (Å²) >= 11 is 1.46. The standard InChI is InChI=1S/C18H17N3O4S/c1-10(22)19-14(15-4-3-7-26-15)9-16(23)20-11-5-6-12-13(8-11)18(25)21(2)17(12)24/h3-8,14H,9H2,1-2H3,(H,19,22)(H,20,23). The van der Waals surface area contributed by atoms with Crippen LogP contribution in [0.3, 0.4) is 0 Å². The number of carbonyl (C=O) groups is 4. The lowest BCUT2D eigenvalue weighted by Gasteiger charge is -2.16. The fourth-order valence-electron chi connectivity index (χ4n) is 2.79. The van der Waals surface area contributed by atoms with E-state index in [0.717, 1.165) is 9.78 Å². The summed E-state index contributed by atoms with van der Waals surface area (Å²) in [5, 5.41) is 7.36. The molecule has 0 fully saturated rings. The van der Waals surface area contributed by atoms with Crippen LogP contribution in [-0.4, -0.2) is 35.6 Å². The molecule has 2 N–H and O–H groups in total. The maximum atomic E-state index is 12.4. The summed E-state index contributed by atoms with van der Waals surface area (Å²) in [6, 6.07) is 7.89. The van der Waals surface area contributed by atoms with Gasteiger partial charge in [-0.2, -0.15) is 0 Å². The normalized spacial score (nSPS) is 14.2. The Morgan fingerprint density at radius 1 is 1.15 bits per heavy atom. The van der Waals surface area contributed by atoms with Crippen molar-refractivity contribution >= 4 is 40.7 Å². The summed E-state index contributed by atoms with van der Waals surface area (Å²) in [4.78, 5) is 49.7. The molecule has 2 aromatic rings. The van der Waals surface area contributed by atoms with Crippen LogP contribution in [0.2, 0.25) is 0 Å². The maximum Gasteiger partial charge on any atom is 0.261 e. The van der Waals surface area contributed by atoms with Crippen LogP contribution < -0.4 is 10.6 Å². The third-order valence-electron chi connectivity index (χ3n) is 4.03. The molecule has 134 valence electrons. The zero-order chi connectivity index (χ0) is 18.8. The number of amides is 4. The molecular formula is C18H17N3O4S. The molecule has 1 atom stereocenters. The van der Waals surface area contributed by atoms with Gasteiger partial charge in [0.05, 0.1) is 23.6 Å². The molecule has 0 saturated heterocycles. The maximum absolute atomic E-state index is 12.4. The number of carbonyl (C=O) groups excluding carboxylic acids is 4. The number of fused-ring (bicyclic) bond motifs is 1. The average Bonchev–Trinajstić information content (AvgIpc) is 3.19. The molecule has 1 aliphatic rings. The van der Waals surface area contributed by atoms with E-state index in [-0.39, 0.29) is 29.7 Å². The predicted octanol–water partition coefficient (Wildman–Crippen LogP) is 2.18. The summed E-state index contributed by atoms with van der Waals surface area (Å²) in [6.07, 6.45) is 0.0595. The molecule has 1 aromatic carbocycles. The van der Waals surface area contributed by atoms with Gasteiger partial charge in [0.15, 0.2) is 0 Å². The van der Waals surface area contributed by atoms with Crippen molar-refractivity contribution in [2.24, 2.45) is 0 Å². The highest BCUT2D eigenvalue weighted by Gasteiger charge is 2.32. The highest BCUT2D eigenvalue weighted by atomic mass is 32.1. The van der Waals surface area contributed by atoms with Gasteiger partial charge in [-0.3, -0.25) is 24.1 Å². The smallest absolute Gasteiger partial charge is 0.261 e. The number of hydrogen-bond donors (Lipinski definition) is 2. The van der Waals surface area contributed by atoms with Gasteiger partial charge in [-0.15, -0.1) is 11.3 Å². The summed E-state index contributed by atoms with van der Waals surface area (Å²) in [5.41, 5.74) is 1.02. The average molecular weight is 371 g/mol. The van der Waals surface area contributed by atoms with Crippen molar-refractivity contribution in [2.45, 2.75) is 19.4 Å². The van der Waals surface area contributed by atoms with Gasteiger partial charge in [0, 0.05) is 24.5 Å². The lowest BCUT2D eigenvalue weighted by molar-refractivity contribution is -0.120. The molecular weight excluding hydrogens is 354 g/mol. The van der Waals surface area contributed by atoms with Crippen molar-refractivity contribution in [1.82, 2.24) is 10.2 Å². The third-order valence-corrected chi connectivity index (χ3v) is 5.01. The Morgan fingerprint density at radius 2 is 1.88 bits per heavy atom. The molecule has 7 nitrogen and oxygen atoms in total. The van der Waals surface area contributed by atoms with Gasteiger partial charge >= 0.3 is 0 Å². The second kappa shape index (κ2) is 7.09. The van der Waals surface area contributed by atoms with E-state index < -0.39 is 11.9 Å². The van der Waals surface area contributed by atoms with Gasteiger partial charge in [-0.25, -0.2) is 0 Å². The fraction of sp³-hybridized carbons (Fsp3) is 0.222. The van der Waals surface area contributed by atoms with E-state index in [4.69, 9.17) is 0 Å². The predicted molar refractivity (Wildman–Crippen MR) is 97.0 cm³/mol. The molecule has 1 aromatic heterocycles. The first-order valence-electron chi connectivity index (χ1n) is 7.93. The highest BCUT2D eigenvalue weighted by molar-refractivity contribution is 7.10. The van der Waals surface area contributed by atoms with Crippen molar-refractivity contribution in [3.05, 3.63) is 51.7 Å². The minimum atomic E-state index is -0.420. The number of anilines is 1. The number of hydrogen-bond acceptors (Lipinski definition) is 5. The first kappa shape index (κ1) is 17.8. The van der Waals surface area contributed by atoms with Crippen molar-refractivity contribution in [3.8, 4) is 0 Å². The second-order valence-electron chi connectivity index (χ2n) is 5.95. The van der Waals surface area contributed by atoms with E-state index in [1.807, 2.05) is 17.5 Å². The van der Waals surface area contributed by atoms with Crippen LogP contribution in [-0.2, 0) is 9.59 Å². The van der Waals surface area contributed by atoms with Gasteiger partial charge in [-0.05, 0) is 29.6 Å². The monoisotopic (exact) mass is 371 g/mol. The SMILES string of the molecule is CC(=O)NC(CC(=O)Nc1ccc2c(c1)C(=O)N(C)C2=O)c1cccs1. The molecule has 0 saturated carbocycles. The number of imide groups is 1. The van der Waals surface area contributed by atoms with Crippen LogP contribution >= 0.6 is 11.3 Å². The minimum Gasteiger partial charge on any atom is -0.348 e. The van der Waals surface area contributed by atoms with Gasteiger partial charge in [0.1, 0.15) is 0 Å². The summed E-state index contributed by atoms with van der Waals surface area (Å²) in [7, 11) is 1.42. The molecule has 2 heterocycles. The molecule has 8 heteroatoms. The van der Waals surface area contributed by atoms with Crippen LogP contribution in [0.15, 0.2) is 35.7 Å². The molecule has 0 aliphatic carbocycles. The largest absolute Gasteiger partial charge is 0.348 e. The first-order valence-corrected chi connectivity index (χ1v) is 8.81. The molecule has 0 bridgehead atoms. The van der Waals surface area contributed by atoms with E-state index in [2.05, 4.69) is 10.6 Å². The molecule has 1 aliphatic heterocycles. The molecule has 26 heavy (non-hydrogen) atoms. The lowest BCUT2D eigenvalue weighted by Crippen LogP contribution is -2.29. The summed E-state index contributed by atoms with van der Waals surface area (Å²) in [5.74, 6) is -1.27. The van der Waals surface area contributed by atoms with Crippen LogP contribution in [0.1, 0.15) is 45.0 Å². The second-order valence-corrected chi connectivity index (χ2v) is 6.93. The Hall–Kier alpha value is -3.00. The Balaban J connectivity index is 1.73. The third kappa shape index (κ3) is 3.50.